The molecule has 2 rings (SSSR count). The highest BCUT2D eigenvalue weighted by molar-refractivity contribution is 5.29. The molecule has 0 bridgehead atoms. The summed E-state index contributed by atoms with van der Waals surface area (Å²) in [5.74, 6) is 0.526. The van der Waals surface area contributed by atoms with Crippen LogP contribution in [0.25, 0.3) is 0 Å². The number of nitrogens with zero attached hydrogens (tertiary/aromatic N) is 2. The zero-order valence-corrected chi connectivity index (χ0v) is 9.90. The lowest BCUT2D eigenvalue weighted by atomic mass is 10.1. The molecule has 0 radical (unpaired) electrons. The molecule has 1 aromatic carbocycles. The molecular formula is C13H13F2N3. The van der Waals surface area contributed by atoms with Crippen LogP contribution in [0.5, 0.6) is 0 Å². The fraction of sp³-hybridized carbons (Fsp3) is 0.231. The fourth-order valence-corrected chi connectivity index (χ4v) is 1.45. The lowest BCUT2D eigenvalue weighted by molar-refractivity contribution is 0.151. The molecule has 1 N–H and O–H groups in total. The first kappa shape index (κ1) is 12.4. The smallest absolute Gasteiger partial charge is 0.263 e. The Hall–Kier alpha value is -2.04. The number of hydrogen-bond donors (Lipinski definition) is 1. The second kappa shape index (κ2) is 5.53. The summed E-state index contributed by atoms with van der Waals surface area (Å²) in [6.45, 7) is 2.42. The van der Waals surface area contributed by atoms with E-state index < -0.39 is 6.43 Å². The predicted molar refractivity (Wildman–Crippen MR) is 65.5 cm³/mol. The molecule has 0 fully saturated rings. The van der Waals surface area contributed by atoms with Crippen molar-refractivity contribution in [3.8, 4) is 0 Å². The number of hydrogen-bond acceptors (Lipinski definition) is 3. The minimum absolute atomic E-state index is 0.0327. The molecule has 0 amide bonds. The van der Waals surface area contributed by atoms with Crippen molar-refractivity contribution in [3.05, 3.63) is 53.3 Å². The van der Waals surface area contributed by atoms with Gasteiger partial charge in [-0.25, -0.2) is 18.7 Å². The van der Waals surface area contributed by atoms with E-state index in [1.807, 2.05) is 6.92 Å². The first-order valence-electron chi connectivity index (χ1n) is 5.54. The van der Waals surface area contributed by atoms with E-state index in [-0.39, 0.29) is 5.56 Å². The maximum atomic E-state index is 12.4. The van der Waals surface area contributed by atoms with Gasteiger partial charge in [0, 0.05) is 24.5 Å². The summed E-state index contributed by atoms with van der Waals surface area (Å²) >= 11 is 0. The summed E-state index contributed by atoms with van der Waals surface area (Å²) in [4.78, 5) is 8.19. The molecule has 0 atom stereocenters. The minimum Gasteiger partial charge on any atom is -0.350 e. The molecule has 0 unspecified atom stereocenters. The second-order valence-electron chi connectivity index (χ2n) is 3.98. The van der Waals surface area contributed by atoms with Crippen molar-refractivity contribution in [3.63, 3.8) is 0 Å². The van der Waals surface area contributed by atoms with Gasteiger partial charge in [-0.05, 0) is 18.1 Å². The van der Waals surface area contributed by atoms with Gasteiger partial charge in [-0.1, -0.05) is 24.3 Å². The summed E-state index contributed by atoms with van der Waals surface area (Å²) < 4.78 is 24.7. The molecule has 0 saturated carbocycles. The van der Waals surface area contributed by atoms with Crippen LogP contribution in [-0.4, -0.2) is 9.97 Å². The summed E-state index contributed by atoms with van der Waals surface area (Å²) in [5.41, 5.74) is 1.93. The SMILES string of the molecule is Cc1cnc(NCc2ccc(C(F)F)cc2)nc1. The summed E-state index contributed by atoms with van der Waals surface area (Å²) in [7, 11) is 0. The average molecular weight is 249 g/mol. The van der Waals surface area contributed by atoms with Gasteiger partial charge in [0.25, 0.3) is 6.43 Å². The molecule has 94 valence electrons. The van der Waals surface area contributed by atoms with E-state index in [1.54, 1.807) is 24.5 Å². The highest BCUT2D eigenvalue weighted by Crippen LogP contribution is 2.18. The topological polar surface area (TPSA) is 37.8 Å². The largest absolute Gasteiger partial charge is 0.350 e. The van der Waals surface area contributed by atoms with Gasteiger partial charge in [0.15, 0.2) is 0 Å². The van der Waals surface area contributed by atoms with Crippen LogP contribution in [0.1, 0.15) is 23.1 Å². The molecule has 0 spiro atoms. The fourth-order valence-electron chi connectivity index (χ4n) is 1.45. The summed E-state index contributed by atoms with van der Waals surface area (Å²) in [6, 6.07) is 6.20. The van der Waals surface area contributed by atoms with E-state index in [1.165, 1.54) is 12.1 Å². The normalized spacial score (nSPS) is 10.7. The number of benzene rings is 1. The van der Waals surface area contributed by atoms with E-state index in [0.717, 1.165) is 11.1 Å². The Labute approximate surface area is 104 Å². The van der Waals surface area contributed by atoms with Crippen molar-refractivity contribution in [1.82, 2.24) is 9.97 Å². The maximum Gasteiger partial charge on any atom is 0.263 e. The Balaban J connectivity index is 1.95. The molecule has 3 nitrogen and oxygen atoms in total. The van der Waals surface area contributed by atoms with Gasteiger partial charge in [0.05, 0.1) is 0 Å². The van der Waals surface area contributed by atoms with E-state index in [9.17, 15) is 8.78 Å². The van der Waals surface area contributed by atoms with E-state index in [4.69, 9.17) is 0 Å². The third-order valence-electron chi connectivity index (χ3n) is 2.46. The molecule has 0 saturated heterocycles. The minimum atomic E-state index is -2.42. The van der Waals surface area contributed by atoms with Crippen molar-refractivity contribution in [2.45, 2.75) is 19.9 Å². The molecule has 0 aliphatic rings. The van der Waals surface area contributed by atoms with Crippen molar-refractivity contribution < 1.29 is 8.78 Å². The van der Waals surface area contributed by atoms with Crippen LogP contribution in [0.4, 0.5) is 14.7 Å². The van der Waals surface area contributed by atoms with E-state index >= 15 is 0 Å². The monoisotopic (exact) mass is 249 g/mol. The van der Waals surface area contributed by atoms with Gasteiger partial charge in [0.1, 0.15) is 0 Å². The Morgan fingerprint density at radius 2 is 1.72 bits per heavy atom. The summed E-state index contributed by atoms with van der Waals surface area (Å²) in [5, 5.41) is 3.03. The van der Waals surface area contributed by atoms with Gasteiger partial charge in [-0.2, -0.15) is 0 Å². The predicted octanol–water partition coefficient (Wildman–Crippen LogP) is 3.33. The molecule has 2 aromatic rings. The molecule has 1 heterocycles. The van der Waals surface area contributed by atoms with Gasteiger partial charge in [0.2, 0.25) is 5.95 Å². The molecule has 1 aromatic heterocycles. The summed E-state index contributed by atoms with van der Waals surface area (Å²) in [6.07, 6.45) is 1.01. The Kier molecular flexibility index (Phi) is 3.82. The van der Waals surface area contributed by atoms with Crippen LogP contribution >= 0.6 is 0 Å². The van der Waals surface area contributed by atoms with Crippen LogP contribution in [-0.2, 0) is 6.54 Å². The standard InChI is InChI=1S/C13H13F2N3/c1-9-6-16-13(17-7-9)18-8-10-2-4-11(5-3-10)12(14)15/h2-7,12H,8H2,1H3,(H,16,17,18). The maximum absolute atomic E-state index is 12.4. The van der Waals surface area contributed by atoms with Gasteiger partial charge < -0.3 is 5.32 Å². The second-order valence-corrected chi connectivity index (χ2v) is 3.98. The third-order valence-corrected chi connectivity index (χ3v) is 2.46. The van der Waals surface area contributed by atoms with Crippen molar-refractivity contribution in [2.75, 3.05) is 5.32 Å². The Morgan fingerprint density at radius 1 is 1.11 bits per heavy atom. The number of halogens is 2. The van der Waals surface area contributed by atoms with Crippen molar-refractivity contribution in [2.24, 2.45) is 0 Å². The highest BCUT2D eigenvalue weighted by atomic mass is 19.3. The quantitative estimate of drug-likeness (QED) is 0.903. The number of aryl methyl sites for hydroxylation is 1. The first-order chi connectivity index (χ1) is 8.65. The number of alkyl halides is 2. The van der Waals surface area contributed by atoms with Gasteiger partial charge >= 0.3 is 0 Å². The lowest BCUT2D eigenvalue weighted by Gasteiger charge is -2.06. The zero-order valence-electron chi connectivity index (χ0n) is 9.90. The molecule has 18 heavy (non-hydrogen) atoms. The Morgan fingerprint density at radius 3 is 2.28 bits per heavy atom. The number of anilines is 1. The number of rotatable bonds is 4. The van der Waals surface area contributed by atoms with Crippen LogP contribution in [0.15, 0.2) is 36.7 Å². The van der Waals surface area contributed by atoms with Gasteiger partial charge in [-0.3, -0.25) is 0 Å². The van der Waals surface area contributed by atoms with Crippen molar-refractivity contribution in [1.29, 1.82) is 0 Å². The highest BCUT2D eigenvalue weighted by Gasteiger charge is 2.05. The Bertz CT molecular complexity index is 495. The third kappa shape index (κ3) is 3.23. The average Bonchev–Trinajstić information content (AvgIpc) is 2.38. The lowest BCUT2D eigenvalue weighted by Crippen LogP contribution is -2.03. The van der Waals surface area contributed by atoms with Crippen LogP contribution in [0, 0.1) is 6.92 Å². The molecule has 0 aliphatic heterocycles. The zero-order chi connectivity index (χ0) is 13.0. The van der Waals surface area contributed by atoms with Crippen molar-refractivity contribution >= 4 is 5.95 Å². The van der Waals surface area contributed by atoms with Crippen LogP contribution in [0.3, 0.4) is 0 Å². The van der Waals surface area contributed by atoms with Gasteiger partial charge in [-0.15, -0.1) is 0 Å². The van der Waals surface area contributed by atoms with Crippen LogP contribution in [0.2, 0.25) is 0 Å². The molecule has 5 heteroatoms. The number of nitrogens with one attached hydrogen (secondary N) is 1. The van der Waals surface area contributed by atoms with Crippen LogP contribution < -0.4 is 5.32 Å². The number of aromatic nitrogens is 2. The molecular weight excluding hydrogens is 236 g/mol. The van der Waals surface area contributed by atoms with E-state index in [0.29, 0.717) is 12.5 Å². The molecule has 0 aliphatic carbocycles. The first-order valence-corrected chi connectivity index (χ1v) is 5.54. The van der Waals surface area contributed by atoms with E-state index in [2.05, 4.69) is 15.3 Å².